The molecule has 3 rings (SSSR count). The third kappa shape index (κ3) is 2.73. The summed E-state index contributed by atoms with van der Waals surface area (Å²) in [7, 11) is 0. The first-order valence-electron chi connectivity index (χ1n) is 8.01. The Labute approximate surface area is 131 Å². The van der Waals surface area contributed by atoms with Crippen molar-refractivity contribution in [2.45, 2.75) is 39.2 Å². The molecule has 0 saturated carbocycles. The topological polar surface area (TPSA) is 43.9 Å². The van der Waals surface area contributed by atoms with Gasteiger partial charge in [-0.2, -0.15) is 0 Å². The standard InChI is InChI=1S/C17H23N3O2/c1-13-6-8-15(9-7-13)20-14(2)16(21)19(17(20)22)12-18-10-4-3-5-11-18/h6-9,14H,3-5,10-12H2,1-2H3/t14-/m0/s1. The zero-order chi connectivity index (χ0) is 15.7. The number of piperidine rings is 1. The van der Waals surface area contributed by atoms with Crippen LogP contribution in [-0.4, -0.2) is 47.5 Å². The molecule has 2 saturated heterocycles. The summed E-state index contributed by atoms with van der Waals surface area (Å²) in [5.74, 6) is -0.101. The van der Waals surface area contributed by atoms with Gasteiger partial charge in [0.05, 0.1) is 6.67 Å². The van der Waals surface area contributed by atoms with E-state index in [4.69, 9.17) is 0 Å². The van der Waals surface area contributed by atoms with Crippen LogP contribution in [0, 0.1) is 6.92 Å². The van der Waals surface area contributed by atoms with Crippen LogP contribution in [0.1, 0.15) is 31.7 Å². The number of aryl methyl sites for hydroxylation is 1. The monoisotopic (exact) mass is 301 g/mol. The minimum atomic E-state index is -0.431. The van der Waals surface area contributed by atoms with Gasteiger partial charge in [-0.1, -0.05) is 24.1 Å². The fourth-order valence-corrected chi connectivity index (χ4v) is 3.20. The summed E-state index contributed by atoms with van der Waals surface area (Å²) in [5.41, 5.74) is 1.93. The Hall–Kier alpha value is -1.88. The Balaban J connectivity index is 1.77. The number of carbonyl (C=O) groups excluding carboxylic acids is 2. The quantitative estimate of drug-likeness (QED) is 0.806. The maximum atomic E-state index is 12.7. The van der Waals surface area contributed by atoms with Crippen molar-refractivity contribution >= 4 is 17.6 Å². The lowest BCUT2D eigenvalue weighted by atomic mass is 10.1. The minimum Gasteiger partial charge on any atom is -0.286 e. The van der Waals surface area contributed by atoms with E-state index in [1.165, 1.54) is 11.3 Å². The third-order valence-corrected chi connectivity index (χ3v) is 4.55. The lowest BCUT2D eigenvalue weighted by Crippen LogP contribution is -2.44. The molecule has 5 heteroatoms. The molecule has 5 nitrogen and oxygen atoms in total. The minimum absolute atomic E-state index is 0.101. The highest BCUT2D eigenvalue weighted by Crippen LogP contribution is 2.26. The molecule has 0 bridgehead atoms. The van der Waals surface area contributed by atoms with Gasteiger partial charge in [0.15, 0.2) is 0 Å². The lowest BCUT2D eigenvalue weighted by Gasteiger charge is -2.29. The molecule has 2 aliphatic heterocycles. The maximum Gasteiger partial charge on any atom is 0.333 e. The molecule has 0 radical (unpaired) electrons. The van der Waals surface area contributed by atoms with Crippen LogP contribution < -0.4 is 4.90 Å². The van der Waals surface area contributed by atoms with Gasteiger partial charge in [0.1, 0.15) is 6.04 Å². The van der Waals surface area contributed by atoms with Gasteiger partial charge >= 0.3 is 6.03 Å². The molecule has 0 N–H and O–H groups in total. The molecule has 2 heterocycles. The molecule has 22 heavy (non-hydrogen) atoms. The van der Waals surface area contributed by atoms with Gasteiger partial charge in [0, 0.05) is 5.69 Å². The summed E-state index contributed by atoms with van der Waals surface area (Å²) >= 11 is 0. The highest BCUT2D eigenvalue weighted by molar-refractivity contribution is 6.14. The molecule has 0 spiro atoms. The van der Waals surface area contributed by atoms with Gasteiger partial charge < -0.3 is 0 Å². The van der Waals surface area contributed by atoms with Crippen molar-refractivity contribution < 1.29 is 9.59 Å². The summed E-state index contributed by atoms with van der Waals surface area (Å²) in [6, 6.07) is 7.11. The highest BCUT2D eigenvalue weighted by Gasteiger charge is 2.43. The van der Waals surface area contributed by atoms with E-state index in [0.29, 0.717) is 6.67 Å². The number of likely N-dealkylation sites (tertiary alicyclic amines) is 1. The van der Waals surface area contributed by atoms with Crippen LogP contribution >= 0.6 is 0 Å². The molecule has 3 amide bonds. The number of rotatable bonds is 3. The van der Waals surface area contributed by atoms with Gasteiger partial charge in [-0.25, -0.2) is 9.69 Å². The summed E-state index contributed by atoms with van der Waals surface area (Å²) in [5, 5.41) is 0. The van der Waals surface area contributed by atoms with E-state index < -0.39 is 6.04 Å². The van der Waals surface area contributed by atoms with Crippen molar-refractivity contribution in [3.63, 3.8) is 0 Å². The largest absolute Gasteiger partial charge is 0.333 e. The lowest BCUT2D eigenvalue weighted by molar-refractivity contribution is -0.128. The van der Waals surface area contributed by atoms with Gasteiger partial charge in [-0.05, 0) is 51.9 Å². The molecule has 0 aliphatic carbocycles. The van der Waals surface area contributed by atoms with Crippen LogP contribution in [0.3, 0.4) is 0 Å². The van der Waals surface area contributed by atoms with Gasteiger partial charge in [-0.3, -0.25) is 14.6 Å². The summed E-state index contributed by atoms with van der Waals surface area (Å²) < 4.78 is 0. The van der Waals surface area contributed by atoms with Crippen LogP contribution in [0.25, 0.3) is 0 Å². The average molecular weight is 301 g/mol. The number of hydrogen-bond acceptors (Lipinski definition) is 3. The highest BCUT2D eigenvalue weighted by atomic mass is 16.2. The van der Waals surface area contributed by atoms with E-state index in [2.05, 4.69) is 4.90 Å². The maximum absolute atomic E-state index is 12.7. The van der Waals surface area contributed by atoms with Crippen LogP contribution in [0.4, 0.5) is 10.5 Å². The number of anilines is 1. The third-order valence-electron chi connectivity index (χ3n) is 4.55. The number of amides is 3. The Morgan fingerprint density at radius 2 is 1.68 bits per heavy atom. The van der Waals surface area contributed by atoms with Gasteiger partial charge in [0.2, 0.25) is 0 Å². The predicted octanol–water partition coefficient (Wildman–Crippen LogP) is 2.60. The van der Waals surface area contributed by atoms with Crippen molar-refractivity contribution in [3.8, 4) is 0 Å². The summed E-state index contributed by atoms with van der Waals surface area (Å²) in [6.45, 7) is 6.17. The molecule has 2 aliphatic rings. The molecule has 0 aromatic heterocycles. The zero-order valence-electron chi connectivity index (χ0n) is 13.3. The smallest absolute Gasteiger partial charge is 0.286 e. The van der Waals surface area contributed by atoms with E-state index >= 15 is 0 Å². The van der Waals surface area contributed by atoms with Crippen LogP contribution in [0.2, 0.25) is 0 Å². The van der Waals surface area contributed by atoms with Crippen LogP contribution in [0.15, 0.2) is 24.3 Å². The SMILES string of the molecule is Cc1ccc(N2C(=O)N(CN3CCCCC3)C(=O)[C@@H]2C)cc1. The normalized spacial score (nSPS) is 23.5. The fraction of sp³-hybridized carbons (Fsp3) is 0.529. The van der Waals surface area contributed by atoms with Crippen molar-refractivity contribution in [1.82, 2.24) is 9.80 Å². The zero-order valence-corrected chi connectivity index (χ0v) is 13.3. The van der Waals surface area contributed by atoms with Crippen LogP contribution in [0.5, 0.6) is 0 Å². The average Bonchev–Trinajstić information content (AvgIpc) is 2.73. The summed E-state index contributed by atoms with van der Waals surface area (Å²) in [4.78, 5) is 30.4. The second-order valence-electron chi connectivity index (χ2n) is 6.25. The Bertz CT molecular complexity index is 564. The first-order valence-corrected chi connectivity index (χ1v) is 8.01. The van der Waals surface area contributed by atoms with E-state index in [9.17, 15) is 9.59 Å². The van der Waals surface area contributed by atoms with Crippen molar-refractivity contribution in [2.75, 3.05) is 24.7 Å². The molecule has 118 valence electrons. The Morgan fingerprint density at radius 3 is 2.32 bits per heavy atom. The second kappa shape index (κ2) is 6.08. The first kappa shape index (κ1) is 15.0. The Kier molecular flexibility index (Phi) is 4.16. The van der Waals surface area contributed by atoms with E-state index in [0.717, 1.165) is 37.2 Å². The fourth-order valence-electron chi connectivity index (χ4n) is 3.20. The number of benzene rings is 1. The number of nitrogens with zero attached hydrogens (tertiary/aromatic N) is 3. The number of imide groups is 1. The summed E-state index contributed by atoms with van der Waals surface area (Å²) in [6.07, 6.45) is 3.53. The van der Waals surface area contributed by atoms with Crippen molar-refractivity contribution in [1.29, 1.82) is 0 Å². The Morgan fingerprint density at radius 1 is 1.05 bits per heavy atom. The second-order valence-corrected chi connectivity index (χ2v) is 6.25. The van der Waals surface area contributed by atoms with Gasteiger partial charge in [-0.15, -0.1) is 0 Å². The molecular formula is C17H23N3O2. The van der Waals surface area contributed by atoms with Crippen molar-refractivity contribution in [2.24, 2.45) is 0 Å². The molecule has 1 atom stereocenters. The van der Waals surface area contributed by atoms with Crippen LogP contribution in [-0.2, 0) is 4.79 Å². The number of urea groups is 1. The molecular weight excluding hydrogens is 278 g/mol. The molecule has 1 aromatic carbocycles. The van der Waals surface area contributed by atoms with Gasteiger partial charge in [0.25, 0.3) is 5.91 Å². The number of carbonyl (C=O) groups is 2. The molecule has 0 unspecified atom stereocenters. The van der Waals surface area contributed by atoms with E-state index in [1.54, 1.807) is 11.8 Å². The molecule has 2 fully saturated rings. The van der Waals surface area contributed by atoms with E-state index in [1.807, 2.05) is 31.2 Å². The molecule has 1 aromatic rings. The number of hydrogen-bond donors (Lipinski definition) is 0. The van der Waals surface area contributed by atoms with Crippen molar-refractivity contribution in [3.05, 3.63) is 29.8 Å². The first-order chi connectivity index (χ1) is 10.6. The van der Waals surface area contributed by atoms with E-state index in [-0.39, 0.29) is 11.9 Å². The predicted molar refractivity (Wildman–Crippen MR) is 85.7 cm³/mol.